The molecular formula is C23H23F3N2O3. The highest BCUT2D eigenvalue weighted by molar-refractivity contribution is 5.96. The quantitative estimate of drug-likeness (QED) is 0.741. The van der Waals surface area contributed by atoms with Crippen molar-refractivity contribution < 1.29 is 27.5 Å². The SMILES string of the molecule is O=C(NC1CC1)c1ccc(OCC2CCCN2C(=O)c2ccccc2C(F)(F)F)cc1. The summed E-state index contributed by atoms with van der Waals surface area (Å²) >= 11 is 0. The van der Waals surface area contributed by atoms with Crippen molar-refractivity contribution in [2.75, 3.05) is 13.2 Å². The monoisotopic (exact) mass is 432 g/mol. The molecule has 0 aromatic heterocycles. The van der Waals surface area contributed by atoms with E-state index in [0.29, 0.717) is 30.7 Å². The van der Waals surface area contributed by atoms with Crippen LogP contribution in [-0.2, 0) is 6.18 Å². The molecule has 2 aromatic rings. The van der Waals surface area contributed by atoms with Crippen LogP contribution in [0.4, 0.5) is 13.2 Å². The Morgan fingerprint density at radius 3 is 2.42 bits per heavy atom. The standard InChI is InChI=1S/C23H23F3N2O3/c24-23(25,26)20-6-2-1-5-19(20)22(30)28-13-3-4-17(28)14-31-18-11-7-15(8-12-18)21(29)27-16-9-10-16/h1-2,5-8,11-12,16-17H,3-4,9-10,13-14H2,(H,27,29). The van der Waals surface area contributed by atoms with Crippen LogP contribution in [0.5, 0.6) is 5.75 Å². The number of carbonyl (C=O) groups is 2. The van der Waals surface area contributed by atoms with Gasteiger partial charge in [0, 0.05) is 18.2 Å². The van der Waals surface area contributed by atoms with E-state index in [0.717, 1.165) is 18.9 Å². The van der Waals surface area contributed by atoms with Crippen LogP contribution in [0.1, 0.15) is 52.0 Å². The Bertz CT molecular complexity index is 955. The number of hydrogen-bond donors (Lipinski definition) is 1. The normalized spacial score (nSPS) is 18.7. The molecule has 1 aliphatic carbocycles. The molecule has 0 spiro atoms. The van der Waals surface area contributed by atoms with E-state index in [1.54, 1.807) is 24.3 Å². The molecule has 0 radical (unpaired) electrons. The number of likely N-dealkylation sites (tertiary alicyclic amines) is 1. The van der Waals surface area contributed by atoms with Gasteiger partial charge < -0.3 is 15.0 Å². The van der Waals surface area contributed by atoms with Gasteiger partial charge in [-0.2, -0.15) is 13.2 Å². The van der Waals surface area contributed by atoms with Crippen molar-refractivity contribution in [2.24, 2.45) is 0 Å². The van der Waals surface area contributed by atoms with E-state index >= 15 is 0 Å². The molecule has 1 N–H and O–H groups in total. The van der Waals surface area contributed by atoms with Gasteiger partial charge in [0.2, 0.25) is 0 Å². The van der Waals surface area contributed by atoms with E-state index in [1.807, 2.05) is 0 Å². The summed E-state index contributed by atoms with van der Waals surface area (Å²) in [6.07, 6.45) is -1.21. The van der Waals surface area contributed by atoms with Gasteiger partial charge in [-0.1, -0.05) is 12.1 Å². The molecule has 0 bridgehead atoms. The molecule has 1 aliphatic heterocycles. The lowest BCUT2D eigenvalue weighted by molar-refractivity contribution is -0.138. The lowest BCUT2D eigenvalue weighted by Crippen LogP contribution is -2.39. The van der Waals surface area contributed by atoms with Crippen LogP contribution in [0.25, 0.3) is 0 Å². The van der Waals surface area contributed by atoms with Gasteiger partial charge in [0.15, 0.2) is 0 Å². The number of hydrogen-bond acceptors (Lipinski definition) is 3. The van der Waals surface area contributed by atoms with E-state index in [4.69, 9.17) is 4.74 Å². The number of nitrogens with one attached hydrogen (secondary N) is 1. The Morgan fingerprint density at radius 1 is 1.03 bits per heavy atom. The molecule has 2 aromatic carbocycles. The van der Waals surface area contributed by atoms with Crippen molar-refractivity contribution in [1.82, 2.24) is 10.2 Å². The molecule has 5 nitrogen and oxygen atoms in total. The van der Waals surface area contributed by atoms with Crippen molar-refractivity contribution >= 4 is 11.8 Å². The summed E-state index contributed by atoms with van der Waals surface area (Å²) in [6.45, 7) is 0.562. The summed E-state index contributed by atoms with van der Waals surface area (Å²) in [7, 11) is 0. The molecule has 2 fully saturated rings. The number of halogens is 3. The number of alkyl halides is 3. The van der Waals surface area contributed by atoms with E-state index < -0.39 is 17.6 Å². The number of rotatable bonds is 6. The van der Waals surface area contributed by atoms with Crippen LogP contribution in [0, 0.1) is 0 Å². The zero-order valence-corrected chi connectivity index (χ0v) is 16.8. The third kappa shape index (κ3) is 5.00. The third-order valence-electron chi connectivity index (χ3n) is 5.57. The first-order valence-corrected chi connectivity index (χ1v) is 10.3. The van der Waals surface area contributed by atoms with Gasteiger partial charge in [0.05, 0.1) is 17.2 Å². The molecule has 4 rings (SSSR count). The highest BCUT2D eigenvalue weighted by atomic mass is 19.4. The smallest absolute Gasteiger partial charge is 0.417 e. The minimum atomic E-state index is -4.59. The second-order valence-corrected chi connectivity index (χ2v) is 7.92. The highest BCUT2D eigenvalue weighted by Gasteiger charge is 2.38. The molecule has 1 atom stereocenters. The van der Waals surface area contributed by atoms with Crippen LogP contribution in [0.2, 0.25) is 0 Å². The Hall–Kier alpha value is -3.03. The van der Waals surface area contributed by atoms with Crippen LogP contribution >= 0.6 is 0 Å². The van der Waals surface area contributed by atoms with Crippen molar-refractivity contribution in [3.63, 3.8) is 0 Å². The van der Waals surface area contributed by atoms with E-state index in [-0.39, 0.29) is 30.2 Å². The first-order chi connectivity index (χ1) is 14.8. The minimum absolute atomic E-state index is 0.120. The van der Waals surface area contributed by atoms with Gasteiger partial charge in [-0.15, -0.1) is 0 Å². The minimum Gasteiger partial charge on any atom is -0.491 e. The Labute approximate surface area is 178 Å². The molecule has 1 unspecified atom stereocenters. The molecule has 31 heavy (non-hydrogen) atoms. The van der Waals surface area contributed by atoms with Crippen LogP contribution in [0.3, 0.4) is 0 Å². The second-order valence-electron chi connectivity index (χ2n) is 7.92. The fraction of sp³-hybridized carbons (Fsp3) is 0.391. The number of ether oxygens (including phenoxy) is 1. The zero-order chi connectivity index (χ0) is 22.0. The van der Waals surface area contributed by atoms with Crippen LogP contribution in [0.15, 0.2) is 48.5 Å². The van der Waals surface area contributed by atoms with Gasteiger partial charge in [0.1, 0.15) is 12.4 Å². The summed E-state index contributed by atoms with van der Waals surface area (Å²) in [5.41, 5.74) is -0.722. The van der Waals surface area contributed by atoms with Crippen molar-refractivity contribution in [2.45, 2.75) is 43.9 Å². The summed E-state index contributed by atoms with van der Waals surface area (Å²) in [5.74, 6) is -0.214. The third-order valence-corrected chi connectivity index (χ3v) is 5.57. The number of nitrogens with zero attached hydrogens (tertiary/aromatic N) is 1. The Balaban J connectivity index is 1.39. The van der Waals surface area contributed by atoms with E-state index in [1.165, 1.54) is 23.1 Å². The van der Waals surface area contributed by atoms with Crippen LogP contribution < -0.4 is 10.1 Å². The van der Waals surface area contributed by atoms with E-state index in [2.05, 4.69) is 5.32 Å². The zero-order valence-electron chi connectivity index (χ0n) is 16.8. The molecule has 8 heteroatoms. The maximum atomic E-state index is 13.3. The van der Waals surface area contributed by atoms with Crippen molar-refractivity contribution in [3.05, 3.63) is 65.2 Å². The molecule has 1 saturated heterocycles. The topological polar surface area (TPSA) is 58.6 Å². The molecular weight excluding hydrogens is 409 g/mol. The highest BCUT2D eigenvalue weighted by Crippen LogP contribution is 2.33. The average Bonchev–Trinajstić information content (AvgIpc) is 3.44. The Morgan fingerprint density at radius 2 is 1.74 bits per heavy atom. The predicted octanol–water partition coefficient (Wildman–Crippen LogP) is 4.28. The van der Waals surface area contributed by atoms with Crippen molar-refractivity contribution in [1.29, 1.82) is 0 Å². The summed E-state index contributed by atoms with van der Waals surface area (Å²) in [4.78, 5) is 26.4. The van der Waals surface area contributed by atoms with Gasteiger partial charge in [-0.3, -0.25) is 9.59 Å². The summed E-state index contributed by atoms with van der Waals surface area (Å²) < 4.78 is 45.7. The maximum Gasteiger partial charge on any atom is 0.417 e. The van der Waals surface area contributed by atoms with Gasteiger partial charge in [-0.05, 0) is 62.1 Å². The molecule has 2 aliphatic rings. The lowest BCUT2D eigenvalue weighted by atomic mass is 10.1. The Kier molecular flexibility index (Phi) is 5.89. The number of amides is 2. The maximum absolute atomic E-state index is 13.3. The second kappa shape index (κ2) is 8.61. The fourth-order valence-corrected chi connectivity index (χ4v) is 3.74. The number of benzene rings is 2. The molecule has 1 saturated carbocycles. The molecule has 2 amide bonds. The largest absolute Gasteiger partial charge is 0.491 e. The van der Waals surface area contributed by atoms with E-state index in [9.17, 15) is 22.8 Å². The van der Waals surface area contributed by atoms with Gasteiger partial charge >= 0.3 is 6.18 Å². The van der Waals surface area contributed by atoms with Crippen molar-refractivity contribution in [3.8, 4) is 5.75 Å². The van der Waals surface area contributed by atoms with Gasteiger partial charge in [-0.25, -0.2) is 0 Å². The summed E-state index contributed by atoms with van der Waals surface area (Å²) in [5, 5.41) is 2.91. The first-order valence-electron chi connectivity index (χ1n) is 10.3. The lowest BCUT2D eigenvalue weighted by Gasteiger charge is -2.26. The molecule has 164 valence electrons. The first kappa shape index (κ1) is 21.2. The predicted molar refractivity (Wildman–Crippen MR) is 108 cm³/mol. The fourth-order valence-electron chi connectivity index (χ4n) is 3.74. The van der Waals surface area contributed by atoms with Gasteiger partial charge in [0.25, 0.3) is 11.8 Å². The summed E-state index contributed by atoms with van der Waals surface area (Å²) in [6, 6.07) is 11.5. The number of carbonyl (C=O) groups excluding carboxylic acids is 2. The molecule has 1 heterocycles. The average molecular weight is 432 g/mol. The van der Waals surface area contributed by atoms with Crippen LogP contribution in [-0.4, -0.2) is 41.9 Å².